The van der Waals surface area contributed by atoms with E-state index in [9.17, 15) is 9.90 Å². The van der Waals surface area contributed by atoms with Crippen molar-refractivity contribution < 1.29 is 9.90 Å². The summed E-state index contributed by atoms with van der Waals surface area (Å²) in [6.07, 6.45) is 0.391. The molecular formula is C11H22N2O2. The van der Waals surface area contributed by atoms with E-state index >= 15 is 0 Å². The van der Waals surface area contributed by atoms with Crippen LogP contribution in [0.3, 0.4) is 0 Å². The van der Waals surface area contributed by atoms with E-state index in [2.05, 4.69) is 0 Å². The van der Waals surface area contributed by atoms with Gasteiger partial charge in [0.2, 0.25) is 5.91 Å². The van der Waals surface area contributed by atoms with Crippen LogP contribution in [0.15, 0.2) is 0 Å². The first-order chi connectivity index (χ1) is 6.93. The van der Waals surface area contributed by atoms with Crippen LogP contribution in [0.1, 0.15) is 27.2 Å². The van der Waals surface area contributed by atoms with Crippen LogP contribution >= 0.6 is 0 Å². The molecule has 3 atom stereocenters. The van der Waals surface area contributed by atoms with Crippen molar-refractivity contribution in [2.75, 3.05) is 13.1 Å². The number of carbonyl (C=O) groups is 1. The van der Waals surface area contributed by atoms with Gasteiger partial charge in [-0.1, -0.05) is 20.8 Å². The number of likely N-dealkylation sites (tertiary alicyclic amines) is 1. The summed E-state index contributed by atoms with van der Waals surface area (Å²) in [6, 6.07) is -0.410. The van der Waals surface area contributed by atoms with Gasteiger partial charge in [0.25, 0.3) is 0 Å². The fraction of sp³-hybridized carbons (Fsp3) is 0.909. The molecule has 1 heterocycles. The summed E-state index contributed by atoms with van der Waals surface area (Å²) in [5, 5.41) is 9.56. The highest BCUT2D eigenvalue weighted by Crippen LogP contribution is 2.17. The average molecular weight is 214 g/mol. The zero-order chi connectivity index (χ0) is 11.6. The quantitative estimate of drug-likeness (QED) is 0.690. The minimum atomic E-state index is -0.410. The van der Waals surface area contributed by atoms with Gasteiger partial charge >= 0.3 is 0 Å². The molecule has 1 rings (SSSR count). The van der Waals surface area contributed by atoms with Crippen LogP contribution in [0.4, 0.5) is 0 Å². The first-order valence-corrected chi connectivity index (χ1v) is 5.66. The molecule has 3 N–H and O–H groups in total. The highest BCUT2D eigenvalue weighted by atomic mass is 16.3. The molecule has 1 fully saturated rings. The van der Waals surface area contributed by atoms with Crippen molar-refractivity contribution in [3.05, 3.63) is 0 Å². The monoisotopic (exact) mass is 214 g/mol. The normalized spacial score (nSPS) is 29.3. The minimum Gasteiger partial charge on any atom is -0.393 e. The number of nitrogens with zero attached hydrogens (tertiary/aromatic N) is 1. The highest BCUT2D eigenvalue weighted by molar-refractivity contribution is 5.82. The molecule has 0 bridgehead atoms. The third-order valence-electron chi connectivity index (χ3n) is 3.18. The van der Waals surface area contributed by atoms with Gasteiger partial charge in [-0.05, 0) is 18.3 Å². The van der Waals surface area contributed by atoms with Gasteiger partial charge in [-0.25, -0.2) is 0 Å². The van der Waals surface area contributed by atoms with E-state index in [4.69, 9.17) is 5.73 Å². The largest absolute Gasteiger partial charge is 0.393 e. The van der Waals surface area contributed by atoms with Crippen molar-refractivity contribution >= 4 is 5.91 Å². The molecule has 4 heteroatoms. The van der Waals surface area contributed by atoms with E-state index < -0.39 is 6.04 Å². The van der Waals surface area contributed by atoms with E-state index in [0.717, 1.165) is 0 Å². The molecule has 1 aliphatic heterocycles. The molecule has 0 aromatic heterocycles. The molecular weight excluding hydrogens is 192 g/mol. The average Bonchev–Trinajstić information content (AvgIpc) is 2.19. The Morgan fingerprint density at radius 1 is 1.53 bits per heavy atom. The van der Waals surface area contributed by atoms with E-state index in [1.807, 2.05) is 20.8 Å². The first kappa shape index (κ1) is 12.5. The zero-order valence-electron chi connectivity index (χ0n) is 9.81. The van der Waals surface area contributed by atoms with E-state index in [0.29, 0.717) is 19.5 Å². The van der Waals surface area contributed by atoms with Crippen molar-refractivity contribution in [1.29, 1.82) is 0 Å². The fourth-order valence-electron chi connectivity index (χ4n) is 1.83. The standard InChI is InChI=1S/C11H22N2O2/c1-7(2)10(12)11(15)13-5-4-9(14)8(3)6-13/h7-10,14H,4-6,12H2,1-3H3/t8?,9?,10-/m1/s1. The molecule has 1 aliphatic rings. The molecule has 4 nitrogen and oxygen atoms in total. The van der Waals surface area contributed by atoms with Gasteiger partial charge < -0.3 is 15.7 Å². The van der Waals surface area contributed by atoms with Crippen LogP contribution in [0.25, 0.3) is 0 Å². The molecule has 1 saturated heterocycles. The number of carbonyl (C=O) groups excluding carboxylic acids is 1. The van der Waals surface area contributed by atoms with Gasteiger partial charge in [-0.2, -0.15) is 0 Å². The van der Waals surface area contributed by atoms with Crippen LogP contribution in [0.2, 0.25) is 0 Å². The Balaban J connectivity index is 2.54. The molecule has 0 aromatic carbocycles. The topological polar surface area (TPSA) is 66.6 Å². The maximum atomic E-state index is 11.9. The summed E-state index contributed by atoms with van der Waals surface area (Å²) in [7, 11) is 0. The highest BCUT2D eigenvalue weighted by Gasteiger charge is 2.30. The van der Waals surface area contributed by atoms with Gasteiger partial charge in [-0.3, -0.25) is 4.79 Å². The van der Waals surface area contributed by atoms with Crippen molar-refractivity contribution in [2.24, 2.45) is 17.6 Å². The van der Waals surface area contributed by atoms with Gasteiger partial charge in [0.05, 0.1) is 12.1 Å². The number of hydrogen-bond acceptors (Lipinski definition) is 3. The van der Waals surface area contributed by atoms with Gasteiger partial charge in [0.1, 0.15) is 0 Å². The van der Waals surface area contributed by atoms with Crippen LogP contribution < -0.4 is 5.73 Å². The van der Waals surface area contributed by atoms with Gasteiger partial charge in [0.15, 0.2) is 0 Å². The summed E-state index contributed by atoms with van der Waals surface area (Å²) in [4.78, 5) is 13.7. The summed E-state index contributed by atoms with van der Waals surface area (Å²) in [5.74, 6) is 0.338. The van der Waals surface area contributed by atoms with Gasteiger partial charge in [0, 0.05) is 13.1 Å². The molecule has 0 aliphatic carbocycles. The molecule has 0 spiro atoms. The number of aliphatic hydroxyl groups excluding tert-OH is 1. The smallest absolute Gasteiger partial charge is 0.239 e. The lowest BCUT2D eigenvalue weighted by Crippen LogP contribution is -2.52. The second-order valence-corrected chi connectivity index (χ2v) is 4.89. The number of piperidine rings is 1. The lowest BCUT2D eigenvalue weighted by Gasteiger charge is -2.36. The zero-order valence-corrected chi connectivity index (χ0v) is 9.81. The number of amides is 1. The molecule has 0 radical (unpaired) electrons. The van der Waals surface area contributed by atoms with Gasteiger partial charge in [-0.15, -0.1) is 0 Å². The molecule has 0 saturated carbocycles. The molecule has 88 valence electrons. The Bertz CT molecular complexity index is 231. The second-order valence-electron chi connectivity index (χ2n) is 4.89. The molecule has 15 heavy (non-hydrogen) atoms. The summed E-state index contributed by atoms with van der Waals surface area (Å²) in [5.41, 5.74) is 5.82. The van der Waals surface area contributed by atoms with E-state index in [-0.39, 0.29) is 23.8 Å². The number of rotatable bonds is 2. The Kier molecular flexibility index (Phi) is 4.11. The number of hydrogen-bond donors (Lipinski definition) is 2. The Morgan fingerprint density at radius 2 is 2.13 bits per heavy atom. The predicted octanol–water partition coefficient (Wildman–Crippen LogP) is 0.199. The fourth-order valence-corrected chi connectivity index (χ4v) is 1.83. The lowest BCUT2D eigenvalue weighted by atomic mass is 9.95. The van der Waals surface area contributed by atoms with Crippen molar-refractivity contribution in [3.8, 4) is 0 Å². The van der Waals surface area contributed by atoms with Crippen molar-refractivity contribution in [1.82, 2.24) is 4.90 Å². The van der Waals surface area contributed by atoms with E-state index in [1.54, 1.807) is 4.90 Å². The SMILES string of the molecule is CC1CN(C(=O)[C@H](N)C(C)C)CCC1O. The second kappa shape index (κ2) is 4.94. The van der Waals surface area contributed by atoms with Crippen LogP contribution in [0, 0.1) is 11.8 Å². The first-order valence-electron chi connectivity index (χ1n) is 5.66. The van der Waals surface area contributed by atoms with Crippen LogP contribution in [-0.2, 0) is 4.79 Å². The Hall–Kier alpha value is -0.610. The van der Waals surface area contributed by atoms with Crippen LogP contribution in [0.5, 0.6) is 0 Å². The third-order valence-corrected chi connectivity index (χ3v) is 3.18. The Labute approximate surface area is 91.4 Å². The number of nitrogens with two attached hydrogens (primary N) is 1. The number of aliphatic hydroxyl groups is 1. The molecule has 0 aromatic rings. The van der Waals surface area contributed by atoms with Crippen molar-refractivity contribution in [3.63, 3.8) is 0 Å². The predicted molar refractivity (Wildman–Crippen MR) is 59.2 cm³/mol. The van der Waals surface area contributed by atoms with Crippen LogP contribution in [-0.4, -0.2) is 41.1 Å². The van der Waals surface area contributed by atoms with Crippen molar-refractivity contribution in [2.45, 2.75) is 39.3 Å². The Morgan fingerprint density at radius 3 is 2.60 bits per heavy atom. The summed E-state index contributed by atoms with van der Waals surface area (Å²) >= 11 is 0. The molecule has 2 unspecified atom stereocenters. The maximum absolute atomic E-state index is 11.9. The molecule has 1 amide bonds. The lowest BCUT2D eigenvalue weighted by molar-refractivity contribution is -0.137. The summed E-state index contributed by atoms with van der Waals surface area (Å²) < 4.78 is 0. The summed E-state index contributed by atoms with van der Waals surface area (Å²) in [6.45, 7) is 7.12. The maximum Gasteiger partial charge on any atom is 0.239 e. The van der Waals surface area contributed by atoms with E-state index in [1.165, 1.54) is 0 Å². The third kappa shape index (κ3) is 2.92. The minimum absolute atomic E-state index is 0.0174.